The van der Waals surface area contributed by atoms with Crippen LogP contribution in [0.3, 0.4) is 0 Å². The van der Waals surface area contributed by atoms with E-state index in [1.54, 1.807) is 12.3 Å². The van der Waals surface area contributed by atoms with Crippen LogP contribution < -0.4 is 0 Å². The van der Waals surface area contributed by atoms with Gasteiger partial charge in [-0.25, -0.2) is 4.98 Å². The second kappa shape index (κ2) is 8.81. The second-order valence-corrected chi connectivity index (χ2v) is 9.69. The molecule has 2 aromatic carbocycles. The van der Waals surface area contributed by atoms with Crippen molar-refractivity contribution in [2.24, 2.45) is 0 Å². The van der Waals surface area contributed by atoms with Crippen LogP contribution in [-0.2, 0) is 0 Å². The number of aromatic nitrogens is 3. The summed E-state index contributed by atoms with van der Waals surface area (Å²) in [5.74, 6) is 1.43. The number of rotatable bonds is 4. The normalized spacial score (nSPS) is 16.2. The van der Waals surface area contributed by atoms with Crippen molar-refractivity contribution in [1.29, 1.82) is 0 Å². The molecule has 33 heavy (non-hydrogen) atoms. The number of carbonyl (C=O) groups excluding carboxylic acids is 1. The Bertz CT molecular complexity index is 1310. The van der Waals surface area contributed by atoms with Crippen molar-refractivity contribution in [1.82, 2.24) is 19.4 Å². The summed E-state index contributed by atoms with van der Waals surface area (Å²) in [4.78, 5) is 24.3. The Labute approximate surface area is 203 Å². The first-order valence-electron chi connectivity index (χ1n) is 11.1. The number of likely N-dealkylation sites (tertiary alicyclic amines) is 1. The van der Waals surface area contributed by atoms with Crippen LogP contribution in [0.1, 0.15) is 53.8 Å². The van der Waals surface area contributed by atoms with Crippen LogP contribution in [-0.4, -0.2) is 38.4 Å². The lowest BCUT2D eigenvalue weighted by Crippen LogP contribution is -2.28. The Kier molecular flexibility index (Phi) is 5.85. The highest BCUT2D eigenvalue weighted by Crippen LogP contribution is 2.31. The van der Waals surface area contributed by atoms with Crippen molar-refractivity contribution >= 4 is 40.1 Å². The summed E-state index contributed by atoms with van der Waals surface area (Å²) in [6.07, 6.45) is 4.62. The minimum atomic E-state index is 0.0368. The summed E-state index contributed by atoms with van der Waals surface area (Å²) in [7, 11) is 0. The summed E-state index contributed by atoms with van der Waals surface area (Å²) in [6, 6.07) is 15.2. The van der Waals surface area contributed by atoms with Crippen molar-refractivity contribution in [2.75, 3.05) is 13.1 Å². The van der Waals surface area contributed by atoms with Crippen molar-refractivity contribution in [3.63, 3.8) is 0 Å². The van der Waals surface area contributed by atoms with Crippen molar-refractivity contribution in [2.45, 2.75) is 32.1 Å². The molecular formula is C26H24Cl2N4O. The second-order valence-electron chi connectivity index (χ2n) is 8.81. The molecule has 7 heteroatoms. The highest BCUT2D eigenvalue weighted by Gasteiger charge is 2.28. The zero-order chi connectivity index (χ0) is 23.1. The summed E-state index contributed by atoms with van der Waals surface area (Å²) in [5, 5.41) is 1.14. The fourth-order valence-corrected chi connectivity index (χ4v) is 5.09. The summed E-state index contributed by atoms with van der Waals surface area (Å²) >= 11 is 12.5. The minimum absolute atomic E-state index is 0.0368. The van der Waals surface area contributed by atoms with Gasteiger partial charge in [0.05, 0.1) is 16.7 Å². The Hall–Kier alpha value is -2.89. The van der Waals surface area contributed by atoms with E-state index in [1.807, 2.05) is 47.5 Å². The van der Waals surface area contributed by atoms with E-state index in [2.05, 4.69) is 29.5 Å². The highest BCUT2D eigenvalue weighted by atomic mass is 35.5. The van der Waals surface area contributed by atoms with E-state index in [0.29, 0.717) is 28.1 Å². The number of halogens is 2. The fraction of sp³-hybridized carbons (Fsp3) is 0.269. The zero-order valence-corrected chi connectivity index (χ0v) is 20.0. The first kappa shape index (κ1) is 21.9. The molecule has 1 aliphatic heterocycles. The van der Waals surface area contributed by atoms with Crippen molar-refractivity contribution in [3.8, 4) is 5.69 Å². The average Bonchev–Trinajstić information content (AvgIpc) is 3.43. The molecule has 0 radical (unpaired) electrons. The SMILES string of the molecule is CC(C)c1nc2cc(C(=O)N3CCC(c4cccnc4)C3)ccc2n1-c1cc(Cl)cc(Cl)c1. The van der Waals surface area contributed by atoms with E-state index in [0.717, 1.165) is 35.5 Å². The molecule has 1 atom stereocenters. The number of pyridine rings is 1. The first-order chi connectivity index (χ1) is 15.9. The van der Waals surface area contributed by atoms with E-state index in [1.165, 1.54) is 5.56 Å². The van der Waals surface area contributed by atoms with Crippen LogP contribution in [0.2, 0.25) is 10.0 Å². The van der Waals surface area contributed by atoms with Crippen LogP contribution in [0.4, 0.5) is 0 Å². The largest absolute Gasteiger partial charge is 0.338 e. The van der Waals surface area contributed by atoms with Crippen LogP contribution in [0.15, 0.2) is 60.9 Å². The molecule has 2 aromatic heterocycles. The van der Waals surface area contributed by atoms with Gasteiger partial charge in [0.2, 0.25) is 0 Å². The Morgan fingerprint density at radius 1 is 1.09 bits per heavy atom. The third-order valence-corrected chi connectivity index (χ3v) is 6.62. The highest BCUT2D eigenvalue weighted by molar-refractivity contribution is 6.34. The van der Waals surface area contributed by atoms with Gasteiger partial charge < -0.3 is 4.90 Å². The number of nitrogens with zero attached hydrogens (tertiary/aromatic N) is 4. The maximum absolute atomic E-state index is 13.3. The molecule has 0 saturated carbocycles. The van der Waals surface area contributed by atoms with Gasteiger partial charge in [0.1, 0.15) is 5.82 Å². The molecular weight excluding hydrogens is 455 g/mol. The molecule has 5 nitrogen and oxygen atoms in total. The van der Waals surface area contributed by atoms with Gasteiger partial charge in [0.15, 0.2) is 0 Å². The smallest absolute Gasteiger partial charge is 0.253 e. The van der Waals surface area contributed by atoms with Gasteiger partial charge in [-0.2, -0.15) is 0 Å². The van der Waals surface area contributed by atoms with Gasteiger partial charge in [0.25, 0.3) is 5.91 Å². The molecule has 0 N–H and O–H groups in total. The molecule has 3 heterocycles. The van der Waals surface area contributed by atoms with Gasteiger partial charge in [-0.15, -0.1) is 0 Å². The van der Waals surface area contributed by atoms with Crippen LogP contribution >= 0.6 is 23.2 Å². The van der Waals surface area contributed by atoms with Gasteiger partial charge in [-0.3, -0.25) is 14.3 Å². The standard InChI is InChI=1S/C26H24Cl2N4O/c1-16(2)25-30-23-10-17(5-6-24(23)32(25)22-12-20(27)11-21(28)13-22)26(33)31-9-7-19(15-31)18-4-3-8-29-14-18/h3-6,8,10-14,16,19H,7,9,15H2,1-2H3. The number of carbonyl (C=O) groups is 1. The first-order valence-corrected chi connectivity index (χ1v) is 11.8. The van der Waals surface area contributed by atoms with Crippen molar-refractivity contribution < 1.29 is 4.79 Å². The molecule has 0 spiro atoms. The molecule has 1 aliphatic rings. The molecule has 4 aromatic rings. The third-order valence-electron chi connectivity index (χ3n) is 6.18. The number of benzene rings is 2. The quantitative estimate of drug-likeness (QED) is 0.337. The Balaban J connectivity index is 1.48. The topological polar surface area (TPSA) is 51.0 Å². The molecule has 0 aliphatic carbocycles. The number of imidazole rings is 1. The van der Waals surface area contributed by atoms with Crippen LogP contribution in [0, 0.1) is 0 Å². The molecule has 168 valence electrons. The molecule has 5 rings (SSSR count). The minimum Gasteiger partial charge on any atom is -0.338 e. The molecule has 1 unspecified atom stereocenters. The summed E-state index contributed by atoms with van der Waals surface area (Å²) < 4.78 is 2.07. The zero-order valence-electron chi connectivity index (χ0n) is 18.5. The maximum atomic E-state index is 13.3. The number of fused-ring (bicyclic) bond motifs is 1. The van der Waals surface area contributed by atoms with E-state index < -0.39 is 0 Å². The van der Waals surface area contributed by atoms with Gasteiger partial charge in [-0.1, -0.05) is 43.1 Å². The molecule has 1 fully saturated rings. The molecule has 1 amide bonds. The average molecular weight is 479 g/mol. The fourth-order valence-electron chi connectivity index (χ4n) is 4.58. The van der Waals surface area contributed by atoms with Crippen LogP contribution in [0.25, 0.3) is 16.7 Å². The Morgan fingerprint density at radius 2 is 1.88 bits per heavy atom. The predicted octanol–water partition coefficient (Wildman–Crippen LogP) is 6.48. The Morgan fingerprint density at radius 3 is 2.58 bits per heavy atom. The van der Waals surface area contributed by atoms with E-state index in [4.69, 9.17) is 28.2 Å². The van der Waals surface area contributed by atoms with Gasteiger partial charge in [-0.05, 0) is 54.4 Å². The lowest BCUT2D eigenvalue weighted by molar-refractivity contribution is 0.0791. The van der Waals surface area contributed by atoms with Gasteiger partial charge >= 0.3 is 0 Å². The number of hydrogen-bond donors (Lipinski definition) is 0. The van der Waals surface area contributed by atoms with Crippen molar-refractivity contribution in [3.05, 3.63) is 87.9 Å². The summed E-state index contributed by atoms with van der Waals surface area (Å²) in [5.41, 5.74) is 4.39. The lowest BCUT2D eigenvalue weighted by Gasteiger charge is -2.17. The summed E-state index contributed by atoms with van der Waals surface area (Å²) in [6.45, 7) is 5.63. The van der Waals surface area contributed by atoms with E-state index in [9.17, 15) is 4.79 Å². The molecule has 1 saturated heterocycles. The molecule has 0 bridgehead atoms. The van der Waals surface area contributed by atoms with Gasteiger partial charge in [0, 0.05) is 52.9 Å². The number of amides is 1. The monoisotopic (exact) mass is 478 g/mol. The number of hydrogen-bond acceptors (Lipinski definition) is 3. The lowest BCUT2D eigenvalue weighted by atomic mass is 10.0. The maximum Gasteiger partial charge on any atom is 0.253 e. The predicted molar refractivity (Wildman–Crippen MR) is 133 cm³/mol. The van der Waals surface area contributed by atoms with E-state index >= 15 is 0 Å². The van der Waals surface area contributed by atoms with E-state index in [-0.39, 0.29) is 11.8 Å². The van der Waals surface area contributed by atoms with Crippen LogP contribution in [0.5, 0.6) is 0 Å². The third kappa shape index (κ3) is 4.23.